The number of nitrogens with one attached hydrogen (secondary N) is 5. The molecule has 0 spiro atoms. The first-order valence-corrected chi connectivity index (χ1v) is 14.5. The summed E-state index contributed by atoms with van der Waals surface area (Å²) in [5.41, 5.74) is 9.21. The van der Waals surface area contributed by atoms with E-state index in [1.807, 2.05) is 0 Å². The van der Waals surface area contributed by atoms with Gasteiger partial charge in [-0.3, -0.25) is 19.2 Å². The second-order valence-corrected chi connectivity index (χ2v) is 10.00. The van der Waals surface area contributed by atoms with Crippen molar-refractivity contribution in [2.45, 2.75) is 82.7 Å². The van der Waals surface area contributed by atoms with Crippen molar-refractivity contribution in [3.63, 3.8) is 0 Å². The molecular formula is C28H42N8O8. The lowest BCUT2D eigenvalue weighted by atomic mass is 10.0. The second-order valence-electron chi connectivity index (χ2n) is 10.00. The van der Waals surface area contributed by atoms with E-state index < -0.39 is 36.0 Å². The maximum absolute atomic E-state index is 12.8. The largest absolute Gasteiger partial charge is 0.481 e. The fourth-order valence-corrected chi connectivity index (χ4v) is 4.07. The molecule has 2 atom stereocenters. The Balaban J connectivity index is 2.58. The summed E-state index contributed by atoms with van der Waals surface area (Å²) in [4.78, 5) is 73.6. The van der Waals surface area contributed by atoms with Gasteiger partial charge in [-0.05, 0) is 62.6 Å². The van der Waals surface area contributed by atoms with Crippen molar-refractivity contribution < 1.29 is 39.0 Å². The molecule has 1 unspecified atom stereocenters. The van der Waals surface area contributed by atoms with Crippen LogP contribution in [0.25, 0.3) is 10.4 Å². The molecule has 1 rings (SSSR count). The number of aliphatic carboxylic acids is 2. The second kappa shape index (κ2) is 21.8. The summed E-state index contributed by atoms with van der Waals surface area (Å²) in [5, 5.41) is 34.4. The van der Waals surface area contributed by atoms with Gasteiger partial charge in [-0.15, -0.1) is 0 Å². The number of nitrogens with zero attached hydrogens (tertiary/aromatic N) is 3. The lowest BCUT2D eigenvalue weighted by Crippen LogP contribution is -2.44. The van der Waals surface area contributed by atoms with Crippen molar-refractivity contribution in [3.05, 3.63) is 40.3 Å². The Morgan fingerprint density at radius 3 is 1.91 bits per heavy atom. The fraction of sp³-hybridized carbons (Fsp3) is 0.571. The summed E-state index contributed by atoms with van der Waals surface area (Å²) in [6, 6.07) is 3.85. The van der Waals surface area contributed by atoms with Crippen LogP contribution in [0.15, 0.2) is 29.4 Å². The average molecular weight is 619 g/mol. The highest BCUT2D eigenvalue weighted by Gasteiger charge is 2.19. The Hall–Kier alpha value is -4.85. The van der Waals surface area contributed by atoms with Crippen molar-refractivity contribution in [1.82, 2.24) is 26.6 Å². The van der Waals surface area contributed by atoms with Crippen molar-refractivity contribution >= 4 is 41.4 Å². The smallest absolute Gasteiger partial charge is 0.326 e. The number of carbonyl (C=O) groups is 6. The van der Waals surface area contributed by atoms with Gasteiger partial charge in [0.1, 0.15) is 6.04 Å². The number of carboxylic acid groups (broad SMARTS) is 2. The highest BCUT2D eigenvalue weighted by atomic mass is 16.4. The van der Waals surface area contributed by atoms with Crippen LogP contribution in [0.4, 0.5) is 10.5 Å². The zero-order valence-electron chi connectivity index (χ0n) is 24.8. The van der Waals surface area contributed by atoms with Gasteiger partial charge in [-0.2, -0.15) is 0 Å². The molecule has 242 valence electrons. The van der Waals surface area contributed by atoms with Gasteiger partial charge in [0.15, 0.2) is 0 Å². The van der Waals surface area contributed by atoms with Gasteiger partial charge in [0.25, 0.3) is 5.91 Å². The lowest BCUT2D eigenvalue weighted by molar-refractivity contribution is -0.139. The molecular weight excluding hydrogens is 576 g/mol. The molecule has 16 heteroatoms. The molecule has 1 aromatic carbocycles. The van der Waals surface area contributed by atoms with Gasteiger partial charge in [0.2, 0.25) is 11.8 Å². The zero-order chi connectivity index (χ0) is 32.7. The summed E-state index contributed by atoms with van der Waals surface area (Å²) in [6.07, 6.45) is 3.78. The van der Waals surface area contributed by atoms with Crippen LogP contribution in [0, 0.1) is 0 Å². The van der Waals surface area contributed by atoms with Crippen molar-refractivity contribution in [3.8, 4) is 0 Å². The van der Waals surface area contributed by atoms with Crippen molar-refractivity contribution in [2.24, 2.45) is 5.11 Å². The van der Waals surface area contributed by atoms with Crippen LogP contribution in [0.2, 0.25) is 0 Å². The molecule has 16 nitrogen and oxygen atoms in total. The van der Waals surface area contributed by atoms with E-state index in [4.69, 9.17) is 10.6 Å². The first-order chi connectivity index (χ1) is 21.0. The number of carbonyl (C=O) groups excluding carboxylic acids is 4. The lowest BCUT2D eigenvalue weighted by Gasteiger charge is -2.19. The summed E-state index contributed by atoms with van der Waals surface area (Å²) < 4.78 is 0. The summed E-state index contributed by atoms with van der Waals surface area (Å²) in [6.45, 7) is 0.707. The fourth-order valence-electron chi connectivity index (χ4n) is 4.07. The maximum atomic E-state index is 12.8. The van der Waals surface area contributed by atoms with E-state index in [1.54, 1.807) is 0 Å². The summed E-state index contributed by atoms with van der Waals surface area (Å²) >= 11 is 0. The molecule has 0 aliphatic heterocycles. The Bertz CT molecular complexity index is 1150. The topological polar surface area (TPSA) is 252 Å². The number of amides is 5. The van der Waals surface area contributed by atoms with Gasteiger partial charge >= 0.3 is 18.0 Å². The third-order valence-electron chi connectivity index (χ3n) is 6.53. The van der Waals surface area contributed by atoms with Crippen molar-refractivity contribution in [2.75, 3.05) is 20.1 Å². The molecule has 44 heavy (non-hydrogen) atoms. The van der Waals surface area contributed by atoms with E-state index in [0.29, 0.717) is 56.4 Å². The van der Waals surface area contributed by atoms with Crippen LogP contribution in [-0.4, -0.2) is 78.1 Å². The normalized spacial score (nSPS) is 11.7. The Kier molecular flexibility index (Phi) is 18.4. The maximum Gasteiger partial charge on any atom is 0.326 e. The van der Waals surface area contributed by atoms with E-state index in [1.165, 1.54) is 31.3 Å². The van der Waals surface area contributed by atoms with Crippen LogP contribution < -0.4 is 26.6 Å². The SMILES string of the molecule is CNC(=O)N[C@@H](CCCCNC(=O)CCC(CCC(=O)NCCCCCC(=O)O)NC(=O)c1ccc(N=[N+]=[N-])cc1)C(=O)O. The number of urea groups is 1. The van der Waals surface area contributed by atoms with E-state index >= 15 is 0 Å². The number of carboxylic acids is 2. The predicted octanol–water partition coefficient (Wildman–Crippen LogP) is 2.72. The van der Waals surface area contributed by atoms with Crippen LogP contribution in [0.5, 0.6) is 0 Å². The third kappa shape index (κ3) is 17.2. The van der Waals surface area contributed by atoms with E-state index in [9.17, 15) is 33.9 Å². The molecule has 0 bridgehead atoms. The molecule has 0 radical (unpaired) electrons. The minimum absolute atomic E-state index is 0.0714. The van der Waals surface area contributed by atoms with Gasteiger partial charge in [0.05, 0.1) is 0 Å². The molecule has 0 aromatic heterocycles. The highest BCUT2D eigenvalue weighted by Crippen LogP contribution is 2.14. The van der Waals surface area contributed by atoms with Gasteiger partial charge in [-0.25, -0.2) is 9.59 Å². The number of benzene rings is 1. The quantitative estimate of drug-likeness (QED) is 0.0439. The summed E-state index contributed by atoms with van der Waals surface area (Å²) in [7, 11) is 1.38. The molecule has 0 aliphatic carbocycles. The minimum atomic E-state index is -1.15. The van der Waals surface area contributed by atoms with Crippen LogP contribution in [-0.2, 0) is 19.2 Å². The predicted molar refractivity (Wildman–Crippen MR) is 160 cm³/mol. The molecule has 0 fully saturated rings. The first kappa shape index (κ1) is 37.2. The standard InChI is InChI=1S/C28H42N8O8/c1-30-28(44)34-22(27(42)43)7-4-6-18-32-24(38)16-14-20(13-15-23(37)31-17-5-2-3-8-25(39)40)33-26(41)19-9-11-21(12-10-19)35-36-29/h9-12,20,22H,2-8,13-18H2,1H3,(H,31,37)(H,32,38)(H,33,41)(H,39,40)(H,42,43)(H2,30,34,44)/t20?,22-/m0/s1. The Morgan fingerprint density at radius 2 is 1.39 bits per heavy atom. The zero-order valence-corrected chi connectivity index (χ0v) is 24.8. The number of azide groups is 1. The van der Waals surface area contributed by atoms with E-state index in [-0.39, 0.29) is 50.3 Å². The number of rotatable bonds is 22. The molecule has 0 saturated carbocycles. The monoisotopic (exact) mass is 618 g/mol. The molecule has 7 N–H and O–H groups in total. The van der Waals surface area contributed by atoms with Gasteiger partial charge in [-0.1, -0.05) is 23.7 Å². The highest BCUT2D eigenvalue weighted by molar-refractivity contribution is 5.94. The minimum Gasteiger partial charge on any atom is -0.481 e. The average Bonchev–Trinajstić information content (AvgIpc) is 2.99. The van der Waals surface area contributed by atoms with Crippen molar-refractivity contribution in [1.29, 1.82) is 0 Å². The Morgan fingerprint density at radius 1 is 0.795 bits per heavy atom. The van der Waals surface area contributed by atoms with E-state index in [2.05, 4.69) is 36.6 Å². The van der Waals surface area contributed by atoms with Gasteiger partial charge < -0.3 is 36.8 Å². The molecule has 0 saturated heterocycles. The first-order valence-electron chi connectivity index (χ1n) is 14.5. The number of unbranched alkanes of at least 4 members (excludes halogenated alkanes) is 3. The van der Waals surface area contributed by atoms with Crippen LogP contribution in [0.3, 0.4) is 0 Å². The summed E-state index contributed by atoms with van der Waals surface area (Å²) in [5.74, 6) is -2.92. The Labute approximate surface area is 255 Å². The van der Waals surface area contributed by atoms with Crippen LogP contribution >= 0.6 is 0 Å². The molecule has 0 heterocycles. The van der Waals surface area contributed by atoms with E-state index in [0.717, 1.165) is 0 Å². The van der Waals surface area contributed by atoms with Crippen LogP contribution in [0.1, 0.15) is 81.0 Å². The molecule has 5 amide bonds. The molecule has 1 aromatic rings. The van der Waals surface area contributed by atoms with Gasteiger partial charge in [0, 0.05) is 61.6 Å². The third-order valence-corrected chi connectivity index (χ3v) is 6.53. The number of hydrogen-bond donors (Lipinski definition) is 7. The molecule has 0 aliphatic rings. The number of hydrogen-bond acceptors (Lipinski definition) is 7.